The van der Waals surface area contributed by atoms with Crippen LogP contribution in [0.15, 0.2) is 72.3 Å². The molecule has 0 fully saturated rings. The van der Waals surface area contributed by atoms with Gasteiger partial charge >= 0.3 is 6.18 Å². The lowest BCUT2D eigenvalue weighted by molar-refractivity contribution is -0.256. The molecule has 0 aliphatic rings. The first kappa shape index (κ1) is 23.8. The fraction of sp³-hybridized carbons (Fsp3) is 0.217. The van der Waals surface area contributed by atoms with Gasteiger partial charge in [-0.2, -0.15) is 13.2 Å². The molecule has 0 saturated heterocycles. The van der Waals surface area contributed by atoms with Crippen LogP contribution in [-0.2, 0) is 0 Å². The van der Waals surface area contributed by atoms with Crippen molar-refractivity contribution in [1.82, 2.24) is 15.0 Å². The monoisotopic (exact) mass is 492 g/mol. The zero-order valence-electron chi connectivity index (χ0n) is 17.8. The number of aromatic amines is 1. The SMILES string of the molecule is COc1cccc(C(Nc2cccc3ncccc23)C(O)(CSc2ncc[nH]2)C(F)(F)F)c1F. The lowest BCUT2D eigenvalue weighted by atomic mass is 9.88. The predicted molar refractivity (Wildman–Crippen MR) is 121 cm³/mol. The zero-order chi connectivity index (χ0) is 24.3. The van der Waals surface area contributed by atoms with Crippen LogP contribution < -0.4 is 10.1 Å². The fourth-order valence-electron chi connectivity index (χ4n) is 3.58. The Hall–Kier alpha value is -3.31. The summed E-state index contributed by atoms with van der Waals surface area (Å²) in [7, 11) is 1.21. The molecule has 11 heteroatoms. The van der Waals surface area contributed by atoms with Crippen LogP contribution in [0.1, 0.15) is 11.6 Å². The summed E-state index contributed by atoms with van der Waals surface area (Å²) < 4.78 is 63.8. The molecule has 2 heterocycles. The summed E-state index contributed by atoms with van der Waals surface area (Å²) in [5, 5.41) is 14.7. The summed E-state index contributed by atoms with van der Waals surface area (Å²) in [5.74, 6) is -2.11. The smallest absolute Gasteiger partial charge is 0.420 e. The van der Waals surface area contributed by atoms with Crippen molar-refractivity contribution in [3.8, 4) is 5.75 Å². The molecule has 2 aromatic heterocycles. The Morgan fingerprint density at radius 3 is 2.59 bits per heavy atom. The van der Waals surface area contributed by atoms with Gasteiger partial charge in [0.1, 0.15) is 0 Å². The average Bonchev–Trinajstić information content (AvgIpc) is 3.34. The van der Waals surface area contributed by atoms with E-state index in [4.69, 9.17) is 4.74 Å². The molecule has 0 radical (unpaired) electrons. The van der Waals surface area contributed by atoms with Crippen LogP contribution >= 0.6 is 11.8 Å². The maximum Gasteiger partial charge on any atom is 0.420 e. The van der Waals surface area contributed by atoms with E-state index in [0.717, 1.165) is 0 Å². The second-order valence-electron chi connectivity index (χ2n) is 7.42. The molecule has 2 atom stereocenters. The fourth-order valence-corrected chi connectivity index (χ4v) is 4.56. The van der Waals surface area contributed by atoms with Gasteiger partial charge in [-0.1, -0.05) is 30.0 Å². The molecule has 3 N–H and O–H groups in total. The van der Waals surface area contributed by atoms with E-state index >= 15 is 4.39 Å². The average molecular weight is 492 g/mol. The van der Waals surface area contributed by atoms with Gasteiger partial charge in [0.2, 0.25) is 0 Å². The molecule has 178 valence electrons. The van der Waals surface area contributed by atoms with Crippen molar-refractivity contribution in [2.75, 3.05) is 18.2 Å². The van der Waals surface area contributed by atoms with Gasteiger partial charge in [0.15, 0.2) is 22.3 Å². The highest BCUT2D eigenvalue weighted by atomic mass is 32.2. The molecule has 0 aliphatic heterocycles. The number of alkyl halides is 3. The van der Waals surface area contributed by atoms with Crippen molar-refractivity contribution in [1.29, 1.82) is 0 Å². The van der Waals surface area contributed by atoms with Gasteiger partial charge in [0.05, 0.1) is 18.7 Å². The third kappa shape index (κ3) is 4.53. The molecule has 2 aromatic carbocycles. The van der Waals surface area contributed by atoms with Crippen molar-refractivity contribution in [2.24, 2.45) is 0 Å². The van der Waals surface area contributed by atoms with E-state index in [-0.39, 0.29) is 16.6 Å². The summed E-state index contributed by atoms with van der Waals surface area (Å²) in [6.45, 7) is 0. The molecule has 6 nitrogen and oxygen atoms in total. The highest BCUT2D eigenvalue weighted by molar-refractivity contribution is 7.99. The number of pyridine rings is 1. The number of hydrogen-bond acceptors (Lipinski definition) is 6. The standard InChI is InChI=1S/C23H20F4N4O2S/c1-33-18-9-2-5-15(19(18)24)20(31-17-8-3-7-16-14(17)6-4-10-28-16)22(32,23(25,26)27)13-34-21-29-11-12-30-21/h2-12,20,31-32H,13H2,1H3,(H,29,30). The van der Waals surface area contributed by atoms with E-state index in [2.05, 4.69) is 20.3 Å². The number of imidazole rings is 1. The lowest BCUT2D eigenvalue weighted by Crippen LogP contribution is -2.55. The Morgan fingerprint density at radius 2 is 1.88 bits per heavy atom. The molecule has 4 rings (SSSR count). The maximum atomic E-state index is 15.3. The highest BCUT2D eigenvalue weighted by Crippen LogP contribution is 2.46. The molecule has 4 aromatic rings. The maximum absolute atomic E-state index is 15.3. The molecule has 0 amide bonds. The number of halogens is 4. The number of aliphatic hydroxyl groups is 1. The minimum absolute atomic E-state index is 0.182. The number of aromatic nitrogens is 3. The van der Waals surface area contributed by atoms with E-state index in [0.29, 0.717) is 22.7 Å². The van der Waals surface area contributed by atoms with Crippen molar-refractivity contribution < 1.29 is 27.4 Å². The van der Waals surface area contributed by atoms with Crippen molar-refractivity contribution in [3.63, 3.8) is 0 Å². The molecule has 0 spiro atoms. The largest absolute Gasteiger partial charge is 0.494 e. The predicted octanol–water partition coefficient (Wildman–Crippen LogP) is 5.34. The van der Waals surface area contributed by atoms with E-state index in [1.165, 1.54) is 37.7 Å². The topological polar surface area (TPSA) is 83.1 Å². The normalized spacial score (nSPS) is 14.5. The van der Waals surface area contributed by atoms with Gasteiger partial charge < -0.3 is 20.1 Å². The number of benzene rings is 2. The number of nitrogens with zero attached hydrogens (tertiary/aromatic N) is 2. The minimum atomic E-state index is -5.14. The minimum Gasteiger partial charge on any atom is -0.494 e. The van der Waals surface area contributed by atoms with Gasteiger partial charge in [-0.25, -0.2) is 9.37 Å². The summed E-state index contributed by atoms with van der Waals surface area (Å²) in [6, 6.07) is 10.1. The number of thioether (sulfide) groups is 1. The molecular formula is C23H20F4N4O2S. The number of methoxy groups -OCH3 is 1. The third-order valence-electron chi connectivity index (χ3n) is 5.34. The van der Waals surface area contributed by atoms with Crippen LogP contribution in [0.4, 0.5) is 23.2 Å². The first-order valence-electron chi connectivity index (χ1n) is 10.1. The number of fused-ring (bicyclic) bond motifs is 1. The van der Waals surface area contributed by atoms with Crippen LogP contribution in [0.2, 0.25) is 0 Å². The molecule has 0 aliphatic carbocycles. The molecule has 0 bridgehead atoms. The van der Waals surface area contributed by atoms with Gasteiger partial charge in [-0.15, -0.1) is 0 Å². The van der Waals surface area contributed by atoms with E-state index in [1.807, 2.05) is 0 Å². The molecule has 34 heavy (non-hydrogen) atoms. The lowest BCUT2D eigenvalue weighted by Gasteiger charge is -2.38. The second kappa shape index (κ2) is 9.51. The van der Waals surface area contributed by atoms with Gasteiger partial charge in [-0.05, 0) is 30.3 Å². The number of hydrogen-bond donors (Lipinski definition) is 3. The van der Waals surface area contributed by atoms with Gasteiger partial charge in [0.25, 0.3) is 0 Å². The quantitative estimate of drug-likeness (QED) is 0.227. The van der Waals surface area contributed by atoms with Crippen LogP contribution in [-0.4, -0.2) is 44.7 Å². The highest BCUT2D eigenvalue weighted by Gasteiger charge is 2.60. The van der Waals surface area contributed by atoms with Crippen molar-refractivity contribution >= 4 is 28.4 Å². The molecular weight excluding hydrogens is 472 g/mol. The molecule has 0 saturated carbocycles. The van der Waals surface area contributed by atoms with E-state index in [1.54, 1.807) is 36.5 Å². The summed E-state index contributed by atoms with van der Waals surface area (Å²) in [6.07, 6.45) is -0.745. The van der Waals surface area contributed by atoms with Crippen LogP contribution in [0.5, 0.6) is 5.75 Å². The van der Waals surface area contributed by atoms with Gasteiger partial charge in [-0.3, -0.25) is 4.98 Å². The number of rotatable bonds is 8. The van der Waals surface area contributed by atoms with Crippen LogP contribution in [0, 0.1) is 5.82 Å². The van der Waals surface area contributed by atoms with Crippen molar-refractivity contribution in [3.05, 3.63) is 78.5 Å². The Kier molecular flexibility index (Phi) is 6.67. The van der Waals surface area contributed by atoms with Crippen molar-refractivity contribution in [2.45, 2.75) is 23.0 Å². The Bertz CT molecular complexity index is 1260. The number of nitrogens with one attached hydrogen (secondary N) is 2. The zero-order valence-corrected chi connectivity index (χ0v) is 18.6. The first-order chi connectivity index (χ1) is 16.2. The second-order valence-corrected chi connectivity index (χ2v) is 8.39. The number of ether oxygens (including phenoxy) is 1. The van der Waals surface area contributed by atoms with Crippen LogP contribution in [0.25, 0.3) is 10.9 Å². The first-order valence-corrected chi connectivity index (χ1v) is 11.1. The third-order valence-corrected chi connectivity index (χ3v) is 6.42. The Morgan fingerprint density at radius 1 is 1.09 bits per heavy atom. The van der Waals surface area contributed by atoms with E-state index in [9.17, 15) is 18.3 Å². The summed E-state index contributed by atoms with van der Waals surface area (Å²) in [4.78, 5) is 10.8. The molecule has 2 unspecified atom stereocenters. The van der Waals surface area contributed by atoms with Gasteiger partial charge in [0, 0.05) is 41.0 Å². The van der Waals surface area contributed by atoms with Crippen LogP contribution in [0.3, 0.4) is 0 Å². The Balaban J connectivity index is 1.86. The number of anilines is 1. The number of H-pyrrole nitrogens is 1. The summed E-state index contributed by atoms with van der Waals surface area (Å²) >= 11 is 0.671. The summed E-state index contributed by atoms with van der Waals surface area (Å²) in [5.41, 5.74) is -3.02. The Labute approximate surface area is 196 Å². The van der Waals surface area contributed by atoms with E-state index < -0.39 is 35.0 Å².